The number of hydroxylamine groups is 1. The van der Waals surface area contributed by atoms with E-state index in [0.717, 1.165) is 12.1 Å². The molecule has 0 bridgehead atoms. The molecule has 2 aromatic rings. The molecule has 1 unspecified atom stereocenters. The maximum absolute atomic E-state index is 15.1. The predicted octanol–water partition coefficient (Wildman–Crippen LogP) is 2.37. The Morgan fingerprint density at radius 3 is 2.67 bits per heavy atom. The van der Waals surface area contributed by atoms with Crippen molar-refractivity contribution in [2.75, 3.05) is 25.1 Å². The van der Waals surface area contributed by atoms with E-state index in [9.17, 15) is 23.5 Å². The molecule has 3 rings (SSSR count). The quantitative estimate of drug-likeness (QED) is 0.266. The van der Waals surface area contributed by atoms with Crippen LogP contribution in [0, 0.1) is 21.0 Å². The lowest BCUT2D eigenvalue weighted by Crippen LogP contribution is -2.30. The molecule has 33 heavy (non-hydrogen) atoms. The number of aliphatic hydroxyl groups is 2. The molecule has 1 aliphatic heterocycles. The number of anilines is 2. The van der Waals surface area contributed by atoms with Gasteiger partial charge in [0.1, 0.15) is 24.6 Å². The lowest BCUT2D eigenvalue weighted by molar-refractivity contribution is -0.122. The summed E-state index contributed by atoms with van der Waals surface area (Å²) in [5.74, 6) is -4.85. The first-order chi connectivity index (χ1) is 15.7. The standard InChI is InChI=1S/C21H20F3IN2O6/c22-14-7-11(25)1-2-15(14)26-20-13(21(31)27-33-9-12(29)8-28)5-10(18(23)19(20)24)6-17-16(30)3-4-32-17/h1-2,5,7,12,17,26,28-29H,3-4,6,8-9H2,(H,27,31)/t12?,17-/m0/s1. The number of benzene rings is 2. The summed E-state index contributed by atoms with van der Waals surface area (Å²) in [7, 11) is 0. The van der Waals surface area contributed by atoms with Crippen LogP contribution in [-0.2, 0) is 20.8 Å². The van der Waals surface area contributed by atoms with Gasteiger partial charge in [-0.05, 0) is 52.4 Å². The van der Waals surface area contributed by atoms with Crippen molar-refractivity contribution in [1.82, 2.24) is 5.48 Å². The second-order valence-corrected chi connectivity index (χ2v) is 8.44. The fourth-order valence-electron chi connectivity index (χ4n) is 3.09. The molecule has 2 aromatic carbocycles. The zero-order chi connectivity index (χ0) is 24.1. The fraction of sp³-hybridized carbons (Fsp3) is 0.333. The molecule has 1 fully saturated rings. The van der Waals surface area contributed by atoms with Crippen LogP contribution in [0.3, 0.4) is 0 Å². The molecule has 0 aromatic heterocycles. The van der Waals surface area contributed by atoms with Gasteiger partial charge in [0, 0.05) is 16.4 Å². The Balaban J connectivity index is 1.97. The largest absolute Gasteiger partial charge is 0.394 e. The van der Waals surface area contributed by atoms with Crippen LogP contribution in [-0.4, -0.2) is 53.9 Å². The maximum atomic E-state index is 15.1. The summed E-state index contributed by atoms with van der Waals surface area (Å²) < 4.78 is 50.0. The topological polar surface area (TPSA) is 117 Å². The minimum absolute atomic E-state index is 0.148. The average Bonchev–Trinajstić information content (AvgIpc) is 3.18. The minimum Gasteiger partial charge on any atom is -0.394 e. The van der Waals surface area contributed by atoms with E-state index in [-0.39, 0.29) is 36.5 Å². The Bertz CT molecular complexity index is 1060. The van der Waals surface area contributed by atoms with Crippen LogP contribution in [0.5, 0.6) is 0 Å². The smallest absolute Gasteiger partial charge is 0.277 e. The Labute approximate surface area is 200 Å². The molecule has 0 aliphatic carbocycles. The number of nitrogens with one attached hydrogen (secondary N) is 2. The maximum Gasteiger partial charge on any atom is 0.277 e. The van der Waals surface area contributed by atoms with Crippen LogP contribution in [0.2, 0.25) is 0 Å². The van der Waals surface area contributed by atoms with Gasteiger partial charge in [-0.3, -0.25) is 14.4 Å². The molecule has 8 nitrogen and oxygen atoms in total. The van der Waals surface area contributed by atoms with Gasteiger partial charge < -0.3 is 20.3 Å². The van der Waals surface area contributed by atoms with Crippen LogP contribution in [0.4, 0.5) is 24.5 Å². The van der Waals surface area contributed by atoms with E-state index in [1.165, 1.54) is 12.1 Å². The fourth-order valence-corrected chi connectivity index (χ4v) is 3.55. The SMILES string of the molecule is O=C(NOCC(O)CO)c1cc(C[C@@H]2OCCC2=O)c(F)c(F)c1Nc1ccc(I)cc1F. The van der Waals surface area contributed by atoms with Crippen LogP contribution < -0.4 is 10.8 Å². The molecule has 0 radical (unpaired) electrons. The Kier molecular flexibility index (Phi) is 8.64. The van der Waals surface area contributed by atoms with Crippen LogP contribution >= 0.6 is 22.6 Å². The van der Waals surface area contributed by atoms with E-state index in [4.69, 9.17) is 14.7 Å². The van der Waals surface area contributed by atoms with Crippen LogP contribution in [0.25, 0.3) is 0 Å². The first-order valence-electron chi connectivity index (χ1n) is 9.79. The van der Waals surface area contributed by atoms with E-state index < -0.39 is 60.0 Å². The summed E-state index contributed by atoms with van der Waals surface area (Å²) in [6.45, 7) is -0.940. The number of aliphatic hydroxyl groups excluding tert-OH is 2. The molecule has 1 aliphatic rings. The average molecular weight is 580 g/mol. The van der Waals surface area contributed by atoms with Crippen molar-refractivity contribution >= 4 is 45.7 Å². The second kappa shape index (κ2) is 11.2. The number of ether oxygens (including phenoxy) is 1. The van der Waals surface area contributed by atoms with Gasteiger partial charge in [-0.2, -0.15) is 0 Å². The third-order valence-corrected chi connectivity index (χ3v) is 5.47. The van der Waals surface area contributed by atoms with Gasteiger partial charge in [-0.25, -0.2) is 18.7 Å². The van der Waals surface area contributed by atoms with Gasteiger partial charge >= 0.3 is 0 Å². The molecule has 1 amide bonds. The van der Waals surface area contributed by atoms with Crippen LogP contribution in [0.15, 0.2) is 24.3 Å². The third-order valence-electron chi connectivity index (χ3n) is 4.80. The van der Waals surface area contributed by atoms with Gasteiger partial charge in [0.15, 0.2) is 17.4 Å². The van der Waals surface area contributed by atoms with Crippen LogP contribution in [0.1, 0.15) is 22.3 Å². The number of hydrogen-bond donors (Lipinski definition) is 4. The lowest BCUT2D eigenvalue weighted by atomic mass is 9.99. The molecule has 0 spiro atoms. The highest BCUT2D eigenvalue weighted by molar-refractivity contribution is 14.1. The molecule has 0 saturated carbocycles. The summed E-state index contributed by atoms with van der Waals surface area (Å²) >= 11 is 1.88. The van der Waals surface area contributed by atoms with E-state index in [2.05, 4.69) is 5.32 Å². The molecular weight excluding hydrogens is 560 g/mol. The van der Waals surface area contributed by atoms with Crippen molar-refractivity contribution in [1.29, 1.82) is 0 Å². The number of hydrogen-bond acceptors (Lipinski definition) is 7. The number of carbonyl (C=O) groups is 2. The first-order valence-corrected chi connectivity index (χ1v) is 10.9. The summed E-state index contributed by atoms with van der Waals surface area (Å²) in [5.41, 5.74) is 0.368. The molecule has 1 heterocycles. The van der Waals surface area contributed by atoms with E-state index >= 15 is 4.39 Å². The van der Waals surface area contributed by atoms with Gasteiger partial charge in [0.05, 0.1) is 30.2 Å². The number of amides is 1. The first kappa shape index (κ1) is 25.4. The normalized spacial score (nSPS) is 16.7. The molecule has 2 atom stereocenters. The summed E-state index contributed by atoms with van der Waals surface area (Å²) in [4.78, 5) is 29.3. The number of rotatable bonds is 9. The van der Waals surface area contributed by atoms with Crippen molar-refractivity contribution < 1.29 is 42.5 Å². The molecule has 178 valence electrons. The highest BCUT2D eigenvalue weighted by Gasteiger charge is 2.30. The zero-order valence-electron chi connectivity index (χ0n) is 17.0. The molecular formula is C21H20F3IN2O6. The number of ketones is 1. The molecule has 4 N–H and O–H groups in total. The van der Waals surface area contributed by atoms with E-state index in [1.54, 1.807) is 0 Å². The highest BCUT2D eigenvalue weighted by atomic mass is 127. The van der Waals surface area contributed by atoms with Crippen molar-refractivity contribution in [3.05, 3.63) is 56.4 Å². The van der Waals surface area contributed by atoms with Gasteiger partial charge in [0.25, 0.3) is 5.91 Å². The predicted molar refractivity (Wildman–Crippen MR) is 118 cm³/mol. The monoisotopic (exact) mass is 580 g/mol. The second-order valence-electron chi connectivity index (χ2n) is 7.19. The summed E-state index contributed by atoms with van der Waals surface area (Å²) in [5, 5.41) is 20.5. The summed E-state index contributed by atoms with van der Waals surface area (Å²) in [6.07, 6.45) is -2.41. The minimum atomic E-state index is -1.46. The Hall–Kier alpha value is -2.26. The zero-order valence-corrected chi connectivity index (χ0v) is 19.2. The van der Waals surface area contributed by atoms with Crippen molar-refractivity contribution in [2.24, 2.45) is 0 Å². The van der Waals surface area contributed by atoms with Gasteiger partial charge in [-0.1, -0.05) is 0 Å². The van der Waals surface area contributed by atoms with Crippen molar-refractivity contribution in [3.63, 3.8) is 0 Å². The molecule has 1 saturated heterocycles. The number of Topliss-reactive ketones (excluding diaryl/α,β-unsaturated/α-hetero) is 1. The summed E-state index contributed by atoms with van der Waals surface area (Å²) in [6, 6.07) is 5.00. The third kappa shape index (κ3) is 6.20. The van der Waals surface area contributed by atoms with Crippen molar-refractivity contribution in [2.45, 2.75) is 25.0 Å². The van der Waals surface area contributed by atoms with Gasteiger partial charge in [-0.15, -0.1) is 0 Å². The van der Waals surface area contributed by atoms with E-state index in [0.29, 0.717) is 3.57 Å². The number of carbonyl (C=O) groups excluding carboxylic acids is 2. The Morgan fingerprint density at radius 1 is 1.27 bits per heavy atom. The lowest BCUT2D eigenvalue weighted by Gasteiger charge is -2.18. The highest BCUT2D eigenvalue weighted by Crippen LogP contribution is 2.31. The van der Waals surface area contributed by atoms with Gasteiger partial charge in [0.2, 0.25) is 0 Å². The number of halogens is 4. The molecule has 12 heteroatoms. The van der Waals surface area contributed by atoms with Crippen molar-refractivity contribution in [3.8, 4) is 0 Å². The Morgan fingerprint density at radius 2 is 2.03 bits per heavy atom. The van der Waals surface area contributed by atoms with E-state index in [1.807, 2.05) is 28.1 Å².